The molecule has 0 radical (unpaired) electrons. The number of esters is 2. The topological polar surface area (TPSA) is 77.7 Å². The maximum absolute atomic E-state index is 12.3. The van der Waals surface area contributed by atoms with Crippen molar-refractivity contribution in [1.82, 2.24) is 0 Å². The molecular formula is C19H28O6. The van der Waals surface area contributed by atoms with Crippen LogP contribution >= 0.6 is 0 Å². The predicted octanol–water partition coefficient (Wildman–Crippen LogP) is 2.23. The van der Waals surface area contributed by atoms with Crippen LogP contribution in [0.5, 0.6) is 0 Å². The summed E-state index contributed by atoms with van der Waals surface area (Å²) in [5.74, 6) is -0.495. The van der Waals surface area contributed by atoms with Gasteiger partial charge in [0.1, 0.15) is 12.2 Å². The Bertz CT molecular complexity index is 548. The van der Waals surface area contributed by atoms with Crippen LogP contribution in [0.25, 0.3) is 0 Å². The minimum absolute atomic E-state index is 0.0701. The van der Waals surface area contributed by atoms with Gasteiger partial charge in [-0.2, -0.15) is 0 Å². The molecule has 9 atom stereocenters. The van der Waals surface area contributed by atoms with E-state index in [4.69, 9.17) is 18.9 Å². The highest BCUT2D eigenvalue weighted by Crippen LogP contribution is 2.42. The Morgan fingerprint density at radius 1 is 0.880 bits per heavy atom. The van der Waals surface area contributed by atoms with Gasteiger partial charge < -0.3 is 18.9 Å². The number of fused-ring (bicyclic) bond motifs is 2. The van der Waals surface area contributed by atoms with E-state index in [2.05, 4.69) is 13.8 Å². The molecule has 4 fully saturated rings. The fourth-order valence-electron chi connectivity index (χ4n) is 4.29. The molecular weight excluding hydrogens is 324 g/mol. The number of hydrogen-bond donors (Lipinski definition) is 0. The summed E-state index contributed by atoms with van der Waals surface area (Å²) < 4.78 is 22.3. The van der Waals surface area contributed by atoms with Crippen LogP contribution in [0.2, 0.25) is 0 Å². The van der Waals surface area contributed by atoms with E-state index in [1.807, 2.05) is 0 Å². The van der Waals surface area contributed by atoms with Crippen LogP contribution < -0.4 is 0 Å². The molecule has 9 unspecified atom stereocenters. The molecule has 6 nitrogen and oxygen atoms in total. The van der Waals surface area contributed by atoms with Gasteiger partial charge in [0.15, 0.2) is 0 Å². The molecule has 2 saturated heterocycles. The van der Waals surface area contributed by atoms with Crippen molar-refractivity contribution in [2.24, 2.45) is 17.8 Å². The lowest BCUT2D eigenvalue weighted by Crippen LogP contribution is -2.35. The van der Waals surface area contributed by atoms with Gasteiger partial charge in [-0.1, -0.05) is 20.8 Å². The molecule has 0 amide bonds. The minimum atomic E-state index is -0.485. The van der Waals surface area contributed by atoms with Crippen molar-refractivity contribution < 1.29 is 28.5 Å². The van der Waals surface area contributed by atoms with Crippen molar-refractivity contribution >= 4 is 11.9 Å². The van der Waals surface area contributed by atoms with Gasteiger partial charge in [-0.25, -0.2) is 0 Å². The fraction of sp³-hybridized carbons (Fsp3) is 0.895. The zero-order chi connectivity index (χ0) is 17.7. The van der Waals surface area contributed by atoms with Gasteiger partial charge >= 0.3 is 11.9 Å². The third-order valence-electron chi connectivity index (χ3n) is 6.21. The molecule has 0 aromatic rings. The number of rotatable bonds is 5. The van der Waals surface area contributed by atoms with E-state index >= 15 is 0 Å². The Balaban J connectivity index is 1.22. The highest BCUT2D eigenvalue weighted by molar-refractivity contribution is 5.79. The highest BCUT2D eigenvalue weighted by atomic mass is 16.6. The van der Waals surface area contributed by atoms with Gasteiger partial charge in [0.05, 0.1) is 36.8 Å². The quantitative estimate of drug-likeness (QED) is 0.558. The van der Waals surface area contributed by atoms with Crippen molar-refractivity contribution in [3.63, 3.8) is 0 Å². The Hall–Kier alpha value is -1.14. The van der Waals surface area contributed by atoms with Crippen molar-refractivity contribution in [1.29, 1.82) is 0 Å². The van der Waals surface area contributed by atoms with Crippen LogP contribution in [-0.2, 0) is 28.5 Å². The van der Waals surface area contributed by atoms with E-state index in [1.165, 1.54) is 0 Å². The molecule has 25 heavy (non-hydrogen) atoms. The largest absolute Gasteiger partial charge is 0.462 e. The highest BCUT2D eigenvalue weighted by Gasteiger charge is 2.49. The summed E-state index contributed by atoms with van der Waals surface area (Å²) in [6.07, 6.45) is 4.58. The fourth-order valence-corrected chi connectivity index (χ4v) is 4.29. The molecule has 6 heteroatoms. The minimum Gasteiger partial charge on any atom is -0.462 e. The van der Waals surface area contributed by atoms with E-state index < -0.39 is 5.92 Å². The number of carbonyl (C=O) groups is 2. The number of ether oxygens (including phenoxy) is 4. The second kappa shape index (κ2) is 6.54. The SMILES string of the molecule is CC(CC(=O)OC1CC2OC2CC1C)C(=O)OC1CC2OC2CC1C. The third kappa shape index (κ3) is 3.85. The summed E-state index contributed by atoms with van der Waals surface area (Å²) in [5, 5.41) is 0. The molecule has 0 spiro atoms. The van der Waals surface area contributed by atoms with Crippen molar-refractivity contribution in [2.75, 3.05) is 0 Å². The van der Waals surface area contributed by atoms with E-state index in [1.54, 1.807) is 6.92 Å². The molecule has 0 aromatic heterocycles. The average Bonchev–Trinajstić information content (AvgIpc) is 3.43. The summed E-state index contributed by atoms with van der Waals surface area (Å²) in [7, 11) is 0. The Kier molecular flexibility index (Phi) is 4.52. The first-order valence-corrected chi connectivity index (χ1v) is 9.61. The molecule has 4 aliphatic rings. The summed E-state index contributed by atoms with van der Waals surface area (Å²) >= 11 is 0. The van der Waals surface area contributed by atoms with Crippen molar-refractivity contribution in [3.05, 3.63) is 0 Å². The van der Waals surface area contributed by atoms with Gasteiger partial charge in [-0.05, 0) is 24.7 Å². The van der Waals surface area contributed by atoms with E-state index in [-0.39, 0.29) is 42.8 Å². The van der Waals surface area contributed by atoms with E-state index in [0.29, 0.717) is 24.0 Å². The molecule has 0 N–H and O–H groups in total. The van der Waals surface area contributed by atoms with Crippen LogP contribution in [0, 0.1) is 17.8 Å². The Morgan fingerprint density at radius 3 is 1.92 bits per heavy atom. The van der Waals surface area contributed by atoms with Crippen LogP contribution in [0.4, 0.5) is 0 Å². The first-order valence-electron chi connectivity index (χ1n) is 9.61. The lowest BCUT2D eigenvalue weighted by atomic mass is 9.88. The molecule has 2 aliphatic heterocycles. The second-order valence-corrected chi connectivity index (χ2v) is 8.43. The molecule has 4 rings (SSSR count). The van der Waals surface area contributed by atoms with Crippen LogP contribution in [0.1, 0.15) is 52.9 Å². The summed E-state index contributed by atoms with van der Waals surface area (Å²) in [6, 6.07) is 0. The molecule has 140 valence electrons. The molecule has 2 aliphatic carbocycles. The molecule has 2 heterocycles. The van der Waals surface area contributed by atoms with Crippen LogP contribution in [0.15, 0.2) is 0 Å². The van der Waals surface area contributed by atoms with Crippen LogP contribution in [-0.4, -0.2) is 48.6 Å². The van der Waals surface area contributed by atoms with E-state index in [0.717, 1.165) is 25.7 Å². The summed E-state index contributed by atoms with van der Waals surface area (Å²) in [5.41, 5.74) is 0. The maximum atomic E-state index is 12.3. The van der Waals surface area contributed by atoms with Gasteiger partial charge in [0, 0.05) is 12.8 Å². The number of carbonyl (C=O) groups excluding carboxylic acids is 2. The Labute approximate surface area is 148 Å². The van der Waals surface area contributed by atoms with Gasteiger partial charge in [-0.15, -0.1) is 0 Å². The number of epoxide rings is 2. The smallest absolute Gasteiger partial charge is 0.309 e. The third-order valence-corrected chi connectivity index (χ3v) is 6.21. The zero-order valence-electron chi connectivity index (χ0n) is 15.2. The number of hydrogen-bond acceptors (Lipinski definition) is 6. The molecule has 2 saturated carbocycles. The van der Waals surface area contributed by atoms with Gasteiger partial charge in [0.25, 0.3) is 0 Å². The normalized spacial score (nSPS) is 45.6. The summed E-state index contributed by atoms with van der Waals surface area (Å²) in [6.45, 7) is 5.91. The zero-order valence-corrected chi connectivity index (χ0v) is 15.2. The first-order chi connectivity index (χ1) is 11.9. The predicted molar refractivity (Wildman–Crippen MR) is 87.7 cm³/mol. The summed E-state index contributed by atoms with van der Waals surface area (Å²) in [4.78, 5) is 24.6. The standard InChI is InChI=1S/C19H28O6/c1-9-4-14-16(22-14)7-12(9)24-18(20)6-11(3)19(21)25-13-8-17-15(23-17)5-10(13)2/h9-17H,4-8H2,1-3H3. The lowest BCUT2D eigenvalue weighted by Gasteiger charge is -2.28. The maximum Gasteiger partial charge on any atom is 0.309 e. The monoisotopic (exact) mass is 352 g/mol. The lowest BCUT2D eigenvalue weighted by molar-refractivity contribution is -0.164. The first kappa shape index (κ1) is 17.3. The molecule has 0 aromatic carbocycles. The molecule has 0 bridgehead atoms. The Morgan fingerprint density at radius 2 is 1.36 bits per heavy atom. The van der Waals surface area contributed by atoms with Crippen molar-refractivity contribution in [2.45, 2.75) is 89.5 Å². The van der Waals surface area contributed by atoms with Gasteiger partial charge in [-0.3, -0.25) is 9.59 Å². The van der Waals surface area contributed by atoms with Gasteiger partial charge in [0.2, 0.25) is 0 Å². The second-order valence-electron chi connectivity index (χ2n) is 8.43. The van der Waals surface area contributed by atoms with Crippen LogP contribution in [0.3, 0.4) is 0 Å². The average molecular weight is 352 g/mol. The van der Waals surface area contributed by atoms with E-state index in [9.17, 15) is 9.59 Å². The van der Waals surface area contributed by atoms with Crippen molar-refractivity contribution in [3.8, 4) is 0 Å².